The molecule has 1 fully saturated rings. The number of anilines is 2. The van der Waals surface area contributed by atoms with Gasteiger partial charge in [-0.3, -0.25) is 9.79 Å². The van der Waals surface area contributed by atoms with E-state index < -0.39 is 0 Å². The summed E-state index contributed by atoms with van der Waals surface area (Å²) >= 11 is 0. The summed E-state index contributed by atoms with van der Waals surface area (Å²) in [5.41, 5.74) is 2.16. The van der Waals surface area contributed by atoms with Crippen LogP contribution < -0.4 is 25.6 Å². The first kappa shape index (κ1) is 22.4. The number of pyridine rings is 1. The van der Waals surface area contributed by atoms with Gasteiger partial charge in [0.15, 0.2) is 5.96 Å². The lowest BCUT2D eigenvalue weighted by atomic mass is 10.2. The van der Waals surface area contributed by atoms with E-state index in [2.05, 4.69) is 36.9 Å². The Morgan fingerprint density at radius 2 is 2.13 bits per heavy atom. The summed E-state index contributed by atoms with van der Waals surface area (Å²) < 4.78 is 5.50. The Bertz CT molecular complexity index is 884. The number of aliphatic imine (C=N–C) groups is 1. The lowest BCUT2D eigenvalue weighted by molar-refractivity contribution is -0.116. The van der Waals surface area contributed by atoms with Crippen molar-refractivity contribution in [2.45, 2.75) is 32.7 Å². The van der Waals surface area contributed by atoms with Gasteiger partial charge in [0.05, 0.1) is 19.3 Å². The number of hydrogen-bond acceptors (Lipinski definition) is 5. The molecule has 0 saturated carbocycles. The summed E-state index contributed by atoms with van der Waals surface area (Å²) in [6.45, 7) is 6.96. The number of amides is 1. The maximum atomic E-state index is 12.2. The number of methoxy groups -OCH3 is 1. The first-order valence-corrected chi connectivity index (χ1v) is 10.7. The van der Waals surface area contributed by atoms with Crippen molar-refractivity contribution in [3.05, 3.63) is 48.2 Å². The van der Waals surface area contributed by atoms with E-state index >= 15 is 0 Å². The van der Waals surface area contributed by atoms with Crippen LogP contribution in [-0.2, 0) is 4.79 Å². The molecule has 0 aliphatic carbocycles. The predicted octanol–water partition coefficient (Wildman–Crippen LogP) is 2.56. The molecule has 1 aromatic carbocycles. The third kappa shape index (κ3) is 6.60. The Morgan fingerprint density at radius 3 is 2.87 bits per heavy atom. The Balaban J connectivity index is 1.50. The minimum Gasteiger partial charge on any atom is -0.495 e. The molecule has 1 amide bonds. The second-order valence-corrected chi connectivity index (χ2v) is 7.53. The second-order valence-electron chi connectivity index (χ2n) is 7.53. The number of nitrogens with one attached hydrogen (secondary N) is 3. The van der Waals surface area contributed by atoms with Gasteiger partial charge in [-0.15, -0.1) is 0 Å². The average molecular weight is 425 g/mol. The first-order chi connectivity index (χ1) is 15.1. The van der Waals surface area contributed by atoms with Crippen molar-refractivity contribution in [1.29, 1.82) is 0 Å². The molecule has 8 nitrogen and oxygen atoms in total. The molecule has 3 rings (SSSR count). The lowest BCUT2D eigenvalue weighted by Crippen LogP contribution is -2.44. The van der Waals surface area contributed by atoms with Crippen molar-refractivity contribution in [2.24, 2.45) is 4.99 Å². The SMILES string of the molecule is CCNC(=NCCC(=O)Nc1ccc(C)cn1)NC1CCN(c2ccccc2OC)C1. The van der Waals surface area contributed by atoms with Gasteiger partial charge in [-0.25, -0.2) is 4.98 Å². The van der Waals surface area contributed by atoms with Gasteiger partial charge in [-0.1, -0.05) is 18.2 Å². The number of benzene rings is 1. The third-order valence-corrected chi connectivity index (χ3v) is 5.09. The maximum absolute atomic E-state index is 12.2. The second kappa shape index (κ2) is 11.2. The molecule has 1 aromatic heterocycles. The molecule has 1 aliphatic heterocycles. The molecule has 3 N–H and O–H groups in total. The number of aryl methyl sites for hydroxylation is 1. The van der Waals surface area contributed by atoms with Gasteiger partial charge in [-0.2, -0.15) is 0 Å². The molecule has 8 heteroatoms. The number of nitrogens with zero attached hydrogens (tertiary/aromatic N) is 3. The Morgan fingerprint density at radius 1 is 1.29 bits per heavy atom. The predicted molar refractivity (Wildman–Crippen MR) is 125 cm³/mol. The molecule has 2 aromatic rings. The van der Waals surface area contributed by atoms with E-state index in [0.29, 0.717) is 18.8 Å². The highest BCUT2D eigenvalue weighted by Gasteiger charge is 2.25. The highest BCUT2D eigenvalue weighted by Crippen LogP contribution is 2.30. The van der Waals surface area contributed by atoms with Crippen LogP contribution in [0, 0.1) is 6.92 Å². The lowest BCUT2D eigenvalue weighted by Gasteiger charge is -2.22. The largest absolute Gasteiger partial charge is 0.495 e. The van der Waals surface area contributed by atoms with Gasteiger partial charge >= 0.3 is 0 Å². The molecule has 0 spiro atoms. The normalized spacial score (nSPS) is 16.2. The fourth-order valence-electron chi connectivity index (χ4n) is 3.52. The maximum Gasteiger partial charge on any atom is 0.227 e. The van der Waals surface area contributed by atoms with Gasteiger partial charge in [0, 0.05) is 38.3 Å². The highest BCUT2D eigenvalue weighted by atomic mass is 16.5. The van der Waals surface area contributed by atoms with Gasteiger partial charge in [0.1, 0.15) is 11.6 Å². The van der Waals surface area contributed by atoms with Crippen LogP contribution >= 0.6 is 0 Å². The zero-order valence-corrected chi connectivity index (χ0v) is 18.5. The number of carbonyl (C=O) groups is 1. The first-order valence-electron chi connectivity index (χ1n) is 10.7. The Kier molecular flexibility index (Phi) is 8.09. The molecule has 1 aliphatic rings. The van der Waals surface area contributed by atoms with Gasteiger partial charge < -0.3 is 25.6 Å². The number of ether oxygens (including phenoxy) is 1. The molecular weight excluding hydrogens is 392 g/mol. The van der Waals surface area contributed by atoms with Crippen LogP contribution in [0.3, 0.4) is 0 Å². The van der Waals surface area contributed by atoms with Crippen LogP contribution in [0.25, 0.3) is 0 Å². The van der Waals surface area contributed by atoms with Crippen molar-refractivity contribution >= 4 is 23.4 Å². The van der Waals surface area contributed by atoms with Gasteiger partial charge in [-0.05, 0) is 44.0 Å². The molecule has 1 unspecified atom stereocenters. The number of carbonyl (C=O) groups excluding carboxylic acids is 1. The van der Waals surface area contributed by atoms with Crippen molar-refractivity contribution in [3.63, 3.8) is 0 Å². The van der Waals surface area contributed by atoms with Crippen molar-refractivity contribution < 1.29 is 9.53 Å². The zero-order chi connectivity index (χ0) is 22.1. The van der Waals surface area contributed by atoms with Crippen LogP contribution in [0.4, 0.5) is 11.5 Å². The van der Waals surface area contributed by atoms with Gasteiger partial charge in [0.2, 0.25) is 5.91 Å². The fourth-order valence-corrected chi connectivity index (χ4v) is 3.52. The molecule has 1 atom stereocenters. The molecule has 0 radical (unpaired) electrons. The minimum absolute atomic E-state index is 0.0980. The Labute approximate surface area is 184 Å². The number of guanidine groups is 1. The van der Waals surface area contributed by atoms with E-state index in [1.54, 1.807) is 19.4 Å². The van der Waals surface area contributed by atoms with Crippen LogP contribution in [-0.4, -0.2) is 56.2 Å². The standard InChI is InChI=1S/C23H32N6O2/c1-4-24-23(25-13-11-22(30)28-21-10-9-17(2)15-26-21)27-18-12-14-29(16-18)19-7-5-6-8-20(19)31-3/h5-10,15,18H,4,11-14,16H2,1-3H3,(H2,24,25,27)(H,26,28,30). The summed E-state index contributed by atoms with van der Waals surface area (Å²) in [5.74, 6) is 2.08. The van der Waals surface area contributed by atoms with E-state index in [1.165, 1.54) is 0 Å². The van der Waals surface area contributed by atoms with E-state index in [9.17, 15) is 4.79 Å². The van der Waals surface area contributed by atoms with Crippen molar-refractivity contribution in [1.82, 2.24) is 15.6 Å². The summed E-state index contributed by atoms with van der Waals surface area (Å²) in [4.78, 5) is 23.3. The van der Waals surface area contributed by atoms with E-state index in [-0.39, 0.29) is 11.9 Å². The van der Waals surface area contributed by atoms with E-state index in [0.717, 1.165) is 49.0 Å². The van der Waals surface area contributed by atoms with Crippen molar-refractivity contribution in [2.75, 3.05) is 43.5 Å². The van der Waals surface area contributed by atoms with E-state index in [1.807, 2.05) is 38.1 Å². The summed E-state index contributed by atoms with van der Waals surface area (Å²) in [7, 11) is 1.70. The molecule has 1 saturated heterocycles. The zero-order valence-electron chi connectivity index (χ0n) is 18.5. The third-order valence-electron chi connectivity index (χ3n) is 5.09. The monoisotopic (exact) mass is 424 g/mol. The number of para-hydroxylation sites is 2. The highest BCUT2D eigenvalue weighted by molar-refractivity contribution is 5.90. The number of aromatic nitrogens is 1. The number of hydrogen-bond donors (Lipinski definition) is 3. The molecule has 0 bridgehead atoms. The molecule has 31 heavy (non-hydrogen) atoms. The fraction of sp³-hybridized carbons (Fsp3) is 0.435. The molecule has 2 heterocycles. The van der Waals surface area contributed by atoms with Crippen LogP contribution in [0.15, 0.2) is 47.6 Å². The quantitative estimate of drug-likeness (QED) is 0.446. The molecule has 166 valence electrons. The average Bonchev–Trinajstić information content (AvgIpc) is 3.23. The van der Waals surface area contributed by atoms with Crippen LogP contribution in [0.1, 0.15) is 25.3 Å². The van der Waals surface area contributed by atoms with Crippen LogP contribution in [0.2, 0.25) is 0 Å². The Hall–Kier alpha value is -3.29. The minimum atomic E-state index is -0.0980. The van der Waals surface area contributed by atoms with Crippen LogP contribution in [0.5, 0.6) is 5.75 Å². The molecular formula is C23H32N6O2. The summed E-state index contributed by atoms with van der Waals surface area (Å²) in [6, 6.07) is 12.1. The smallest absolute Gasteiger partial charge is 0.227 e. The topological polar surface area (TPSA) is 90.9 Å². The summed E-state index contributed by atoms with van der Waals surface area (Å²) in [6.07, 6.45) is 3.03. The van der Waals surface area contributed by atoms with E-state index in [4.69, 9.17) is 4.74 Å². The van der Waals surface area contributed by atoms with Gasteiger partial charge in [0.25, 0.3) is 0 Å². The summed E-state index contributed by atoms with van der Waals surface area (Å²) in [5, 5.41) is 9.57. The number of rotatable bonds is 8. The van der Waals surface area contributed by atoms with Crippen molar-refractivity contribution in [3.8, 4) is 5.75 Å².